The average Bonchev–Trinajstić information content (AvgIpc) is 2.42. The molecule has 106 valence electrons. The van der Waals surface area contributed by atoms with Crippen molar-refractivity contribution in [2.45, 2.75) is 51.7 Å². The average molecular weight is 282 g/mol. The number of nitrogens with one attached hydrogen (secondary N) is 1. The van der Waals surface area contributed by atoms with Gasteiger partial charge >= 0.3 is 0 Å². The van der Waals surface area contributed by atoms with Crippen molar-refractivity contribution in [2.75, 3.05) is 7.05 Å². The van der Waals surface area contributed by atoms with Crippen molar-refractivity contribution >= 4 is 11.6 Å². The van der Waals surface area contributed by atoms with Crippen molar-refractivity contribution in [3.05, 3.63) is 28.8 Å². The normalized spacial score (nSPS) is 25.1. The van der Waals surface area contributed by atoms with Crippen LogP contribution in [-0.4, -0.2) is 13.2 Å². The molecular formula is C16H24ClNO. The molecule has 1 aromatic rings. The quantitative estimate of drug-likeness (QED) is 0.872. The van der Waals surface area contributed by atoms with E-state index in [1.54, 1.807) is 0 Å². The standard InChI is InChI=1S/C16H24ClNO/c1-11-6-4-5-7-15(11)19-16-9-8-13(10-14(16)17)12(2)18-3/h8-12,15,18H,4-7H2,1-3H3. The van der Waals surface area contributed by atoms with Crippen molar-refractivity contribution in [1.29, 1.82) is 0 Å². The molecule has 0 aromatic heterocycles. The fraction of sp³-hybridized carbons (Fsp3) is 0.625. The van der Waals surface area contributed by atoms with Crippen LogP contribution < -0.4 is 10.1 Å². The Bertz CT molecular complexity index is 421. The van der Waals surface area contributed by atoms with E-state index in [2.05, 4.69) is 25.2 Å². The summed E-state index contributed by atoms with van der Waals surface area (Å²) in [7, 11) is 1.95. The van der Waals surface area contributed by atoms with E-state index < -0.39 is 0 Å². The lowest BCUT2D eigenvalue weighted by Crippen LogP contribution is -2.28. The fourth-order valence-corrected chi connectivity index (χ4v) is 2.90. The molecule has 3 unspecified atom stereocenters. The maximum atomic E-state index is 6.34. The van der Waals surface area contributed by atoms with E-state index in [1.165, 1.54) is 24.8 Å². The summed E-state index contributed by atoms with van der Waals surface area (Å²) in [5.41, 5.74) is 1.19. The number of benzene rings is 1. The second-order valence-electron chi connectivity index (χ2n) is 5.62. The summed E-state index contributed by atoms with van der Waals surface area (Å²) in [4.78, 5) is 0. The lowest BCUT2D eigenvalue weighted by atomic mass is 9.88. The van der Waals surface area contributed by atoms with Crippen molar-refractivity contribution in [2.24, 2.45) is 5.92 Å². The van der Waals surface area contributed by atoms with E-state index in [1.807, 2.05) is 19.2 Å². The lowest BCUT2D eigenvalue weighted by molar-refractivity contribution is 0.103. The third-order valence-electron chi connectivity index (χ3n) is 4.20. The Morgan fingerprint density at radius 2 is 2.05 bits per heavy atom. The molecule has 2 nitrogen and oxygen atoms in total. The molecule has 1 fully saturated rings. The van der Waals surface area contributed by atoms with Crippen LogP contribution in [0.15, 0.2) is 18.2 Å². The van der Waals surface area contributed by atoms with Crippen LogP contribution in [0, 0.1) is 5.92 Å². The first kappa shape index (κ1) is 14.7. The first-order chi connectivity index (χ1) is 9.11. The predicted octanol–water partition coefficient (Wildman–Crippen LogP) is 4.58. The summed E-state index contributed by atoms with van der Waals surface area (Å²) >= 11 is 6.34. The minimum atomic E-state index is 0.306. The van der Waals surface area contributed by atoms with Gasteiger partial charge in [-0.25, -0.2) is 0 Å². The van der Waals surface area contributed by atoms with Crippen LogP contribution in [0.2, 0.25) is 5.02 Å². The van der Waals surface area contributed by atoms with E-state index in [9.17, 15) is 0 Å². The van der Waals surface area contributed by atoms with Crippen LogP contribution in [0.5, 0.6) is 5.75 Å². The SMILES string of the molecule is CNC(C)c1ccc(OC2CCCCC2C)c(Cl)c1. The van der Waals surface area contributed by atoms with Crippen LogP contribution in [0.4, 0.5) is 0 Å². The molecule has 1 aliphatic rings. The second-order valence-corrected chi connectivity index (χ2v) is 6.03. The zero-order chi connectivity index (χ0) is 13.8. The van der Waals surface area contributed by atoms with Crippen LogP contribution in [0.25, 0.3) is 0 Å². The molecule has 0 spiro atoms. The van der Waals surface area contributed by atoms with Gasteiger partial charge in [-0.1, -0.05) is 31.0 Å². The smallest absolute Gasteiger partial charge is 0.138 e. The molecular weight excluding hydrogens is 258 g/mol. The van der Waals surface area contributed by atoms with Gasteiger partial charge in [0.1, 0.15) is 11.9 Å². The Labute approximate surface area is 121 Å². The Kier molecular flexibility index (Phi) is 5.12. The monoisotopic (exact) mass is 281 g/mol. The minimum Gasteiger partial charge on any atom is -0.489 e. The third kappa shape index (κ3) is 3.64. The third-order valence-corrected chi connectivity index (χ3v) is 4.50. The Balaban J connectivity index is 2.08. The Hall–Kier alpha value is -0.730. The van der Waals surface area contributed by atoms with Crippen molar-refractivity contribution in [1.82, 2.24) is 5.32 Å². The zero-order valence-electron chi connectivity index (χ0n) is 12.1. The topological polar surface area (TPSA) is 21.3 Å². The highest BCUT2D eigenvalue weighted by molar-refractivity contribution is 6.32. The molecule has 3 atom stereocenters. The molecule has 1 N–H and O–H groups in total. The Morgan fingerprint density at radius 1 is 1.32 bits per heavy atom. The van der Waals surface area contributed by atoms with Gasteiger partial charge < -0.3 is 10.1 Å². The summed E-state index contributed by atoms with van der Waals surface area (Å²) in [6, 6.07) is 6.41. The van der Waals surface area contributed by atoms with Gasteiger partial charge in [-0.3, -0.25) is 0 Å². The molecule has 1 aliphatic carbocycles. The molecule has 0 bridgehead atoms. The molecule has 0 amide bonds. The van der Waals surface area contributed by atoms with Crippen molar-refractivity contribution < 1.29 is 4.74 Å². The minimum absolute atomic E-state index is 0.306. The molecule has 0 radical (unpaired) electrons. The van der Waals surface area contributed by atoms with Crippen LogP contribution in [-0.2, 0) is 0 Å². The number of hydrogen-bond donors (Lipinski definition) is 1. The highest BCUT2D eigenvalue weighted by atomic mass is 35.5. The van der Waals surface area contributed by atoms with E-state index >= 15 is 0 Å². The summed E-state index contributed by atoms with van der Waals surface area (Å²) in [5, 5.41) is 3.94. The highest BCUT2D eigenvalue weighted by Crippen LogP contribution is 2.33. The van der Waals surface area contributed by atoms with Gasteiger partial charge in [0.2, 0.25) is 0 Å². The largest absolute Gasteiger partial charge is 0.489 e. The van der Waals surface area contributed by atoms with E-state index in [-0.39, 0.29) is 0 Å². The van der Waals surface area contributed by atoms with Gasteiger partial charge in [0, 0.05) is 6.04 Å². The predicted molar refractivity (Wildman–Crippen MR) is 81.0 cm³/mol. The van der Waals surface area contributed by atoms with Gasteiger partial charge in [0.05, 0.1) is 5.02 Å². The molecule has 3 heteroatoms. The second kappa shape index (κ2) is 6.62. The Morgan fingerprint density at radius 3 is 2.68 bits per heavy atom. The highest BCUT2D eigenvalue weighted by Gasteiger charge is 2.23. The summed E-state index contributed by atoms with van der Waals surface area (Å²) in [6.07, 6.45) is 5.32. The van der Waals surface area contributed by atoms with Crippen molar-refractivity contribution in [3.8, 4) is 5.75 Å². The first-order valence-corrected chi connectivity index (χ1v) is 7.63. The van der Waals surface area contributed by atoms with E-state index in [4.69, 9.17) is 16.3 Å². The van der Waals surface area contributed by atoms with Gasteiger partial charge in [-0.2, -0.15) is 0 Å². The van der Waals surface area contributed by atoms with Gasteiger partial charge in [-0.15, -0.1) is 0 Å². The van der Waals surface area contributed by atoms with Crippen LogP contribution in [0.3, 0.4) is 0 Å². The molecule has 2 rings (SSSR count). The number of hydrogen-bond acceptors (Lipinski definition) is 2. The van der Waals surface area contributed by atoms with Gasteiger partial charge in [0.15, 0.2) is 0 Å². The van der Waals surface area contributed by atoms with E-state index in [0.29, 0.717) is 18.1 Å². The number of rotatable bonds is 4. The van der Waals surface area contributed by atoms with Gasteiger partial charge in [-0.05, 0) is 56.8 Å². The fourth-order valence-electron chi connectivity index (χ4n) is 2.67. The molecule has 0 heterocycles. The van der Waals surface area contributed by atoms with Crippen molar-refractivity contribution in [3.63, 3.8) is 0 Å². The van der Waals surface area contributed by atoms with E-state index in [0.717, 1.165) is 17.2 Å². The summed E-state index contributed by atoms with van der Waals surface area (Å²) in [5.74, 6) is 1.45. The molecule has 1 aromatic carbocycles. The number of halogens is 1. The first-order valence-electron chi connectivity index (χ1n) is 7.25. The summed E-state index contributed by atoms with van der Waals surface area (Å²) < 4.78 is 6.11. The van der Waals surface area contributed by atoms with Gasteiger partial charge in [0.25, 0.3) is 0 Å². The molecule has 1 saturated carbocycles. The number of ether oxygens (including phenoxy) is 1. The van der Waals surface area contributed by atoms with Crippen LogP contribution >= 0.6 is 11.6 Å². The summed E-state index contributed by atoms with van der Waals surface area (Å²) in [6.45, 7) is 4.39. The maximum absolute atomic E-state index is 6.34. The van der Waals surface area contributed by atoms with Crippen LogP contribution in [0.1, 0.15) is 51.1 Å². The maximum Gasteiger partial charge on any atom is 0.138 e. The molecule has 0 aliphatic heterocycles. The zero-order valence-corrected chi connectivity index (χ0v) is 12.8. The molecule has 0 saturated heterocycles. The molecule has 19 heavy (non-hydrogen) atoms. The lowest BCUT2D eigenvalue weighted by Gasteiger charge is -2.29.